The van der Waals surface area contributed by atoms with Crippen molar-refractivity contribution < 1.29 is 9.59 Å². The van der Waals surface area contributed by atoms with Gasteiger partial charge in [0, 0.05) is 11.1 Å². The van der Waals surface area contributed by atoms with Crippen molar-refractivity contribution >= 4 is 29.2 Å². The van der Waals surface area contributed by atoms with E-state index in [1.54, 1.807) is 24.3 Å². The predicted molar refractivity (Wildman–Crippen MR) is 83.2 cm³/mol. The van der Waals surface area contributed by atoms with Gasteiger partial charge >= 0.3 is 0 Å². The second-order valence-corrected chi connectivity index (χ2v) is 4.73. The molecule has 7 nitrogen and oxygen atoms in total. The molecule has 0 spiro atoms. The largest absolute Gasteiger partial charge is 0.343 e. The first kappa shape index (κ1) is 15.6. The Balaban J connectivity index is 2.08. The number of H-pyrrole nitrogens is 1. The lowest BCUT2D eigenvalue weighted by Crippen LogP contribution is -2.31. The Morgan fingerprint density at radius 2 is 2.00 bits per heavy atom. The molecular formula is C14H13ClN4O3. The van der Waals surface area contributed by atoms with E-state index in [-0.39, 0.29) is 17.9 Å². The van der Waals surface area contributed by atoms with Crippen molar-refractivity contribution in [3.05, 3.63) is 58.4 Å². The van der Waals surface area contributed by atoms with E-state index < -0.39 is 11.8 Å². The second-order valence-electron chi connectivity index (χ2n) is 4.29. The molecule has 114 valence electrons. The molecule has 0 aliphatic carbocycles. The van der Waals surface area contributed by atoms with Crippen LogP contribution in [-0.4, -0.2) is 28.1 Å². The summed E-state index contributed by atoms with van der Waals surface area (Å²) in [4.78, 5) is 34.5. The number of hydrogen-bond donors (Lipinski definition) is 3. The molecule has 0 aliphatic heterocycles. The van der Waals surface area contributed by atoms with Gasteiger partial charge in [-0.05, 0) is 30.3 Å². The number of anilines is 1. The van der Waals surface area contributed by atoms with Crippen molar-refractivity contribution in [3.8, 4) is 5.69 Å². The minimum atomic E-state index is -0.472. The number of aromatic nitrogens is 2. The first-order chi connectivity index (χ1) is 10.5. The van der Waals surface area contributed by atoms with Crippen molar-refractivity contribution in [1.82, 2.24) is 15.1 Å². The van der Waals surface area contributed by atoms with Gasteiger partial charge in [0.25, 0.3) is 5.56 Å². The molecule has 2 aromatic rings. The fraction of sp³-hybridized carbons (Fsp3) is 0.0714. The van der Waals surface area contributed by atoms with Gasteiger partial charge in [0.2, 0.25) is 11.8 Å². The summed E-state index contributed by atoms with van der Waals surface area (Å²) in [7, 11) is 0. The molecule has 1 aromatic heterocycles. The fourth-order valence-corrected chi connectivity index (χ4v) is 1.80. The van der Waals surface area contributed by atoms with Gasteiger partial charge in [-0.25, -0.2) is 4.68 Å². The van der Waals surface area contributed by atoms with E-state index in [1.165, 1.54) is 10.7 Å². The maximum atomic E-state index is 11.9. The molecule has 1 heterocycles. The lowest BCUT2D eigenvalue weighted by atomic mass is 10.3. The van der Waals surface area contributed by atoms with E-state index in [0.29, 0.717) is 10.7 Å². The van der Waals surface area contributed by atoms with Crippen molar-refractivity contribution in [1.29, 1.82) is 0 Å². The lowest BCUT2D eigenvalue weighted by molar-refractivity contribution is -0.121. The van der Waals surface area contributed by atoms with E-state index in [9.17, 15) is 14.4 Å². The van der Waals surface area contributed by atoms with Crippen LogP contribution in [0.2, 0.25) is 5.02 Å². The van der Waals surface area contributed by atoms with Crippen LogP contribution in [0.25, 0.3) is 5.69 Å². The normalized spacial score (nSPS) is 10.0. The zero-order valence-corrected chi connectivity index (χ0v) is 12.2. The number of nitrogens with one attached hydrogen (secondary N) is 3. The highest BCUT2D eigenvalue weighted by molar-refractivity contribution is 6.30. The Bertz CT molecular complexity index is 761. The van der Waals surface area contributed by atoms with Gasteiger partial charge in [-0.15, -0.1) is 0 Å². The molecular weight excluding hydrogens is 308 g/mol. The van der Waals surface area contributed by atoms with Gasteiger partial charge in [-0.3, -0.25) is 19.5 Å². The Kier molecular flexibility index (Phi) is 4.80. The minimum Gasteiger partial charge on any atom is -0.343 e. The van der Waals surface area contributed by atoms with E-state index >= 15 is 0 Å². The van der Waals surface area contributed by atoms with Gasteiger partial charge in [-0.1, -0.05) is 18.2 Å². The number of amides is 2. The first-order valence-corrected chi connectivity index (χ1v) is 6.65. The summed E-state index contributed by atoms with van der Waals surface area (Å²) in [6.45, 7) is 3.05. The van der Waals surface area contributed by atoms with Crippen LogP contribution in [-0.2, 0) is 9.59 Å². The number of halogens is 1. The van der Waals surface area contributed by atoms with Crippen LogP contribution in [0.1, 0.15) is 0 Å². The highest BCUT2D eigenvalue weighted by Crippen LogP contribution is 2.12. The number of benzene rings is 1. The number of aromatic amines is 1. The molecule has 0 atom stereocenters. The van der Waals surface area contributed by atoms with E-state index in [2.05, 4.69) is 22.3 Å². The third-order valence-electron chi connectivity index (χ3n) is 2.69. The molecule has 8 heteroatoms. The quantitative estimate of drug-likeness (QED) is 0.719. The highest BCUT2D eigenvalue weighted by atomic mass is 35.5. The average molecular weight is 321 g/mol. The van der Waals surface area contributed by atoms with E-state index in [1.807, 2.05) is 0 Å². The monoisotopic (exact) mass is 320 g/mol. The van der Waals surface area contributed by atoms with Crippen LogP contribution in [0.4, 0.5) is 5.82 Å². The van der Waals surface area contributed by atoms with Crippen LogP contribution in [0.3, 0.4) is 0 Å². The van der Waals surface area contributed by atoms with Crippen LogP contribution < -0.4 is 16.2 Å². The molecule has 0 radical (unpaired) electrons. The van der Waals surface area contributed by atoms with Crippen LogP contribution in [0.15, 0.2) is 47.8 Å². The number of carbonyl (C=O) groups excluding carboxylic acids is 2. The Morgan fingerprint density at radius 1 is 1.32 bits per heavy atom. The van der Waals surface area contributed by atoms with Crippen molar-refractivity contribution in [3.63, 3.8) is 0 Å². The van der Waals surface area contributed by atoms with Gasteiger partial charge in [0.1, 0.15) is 5.82 Å². The van der Waals surface area contributed by atoms with Gasteiger partial charge in [0.15, 0.2) is 0 Å². The standard InChI is InChI=1S/C14H13ClN4O3/c1-2-12(20)16-8-13(21)17-11-7-14(22)19(18-11)10-5-3-9(15)4-6-10/h2-7,18H,1,8H2,(H,16,20)(H,17,21). The zero-order valence-electron chi connectivity index (χ0n) is 11.4. The van der Waals surface area contributed by atoms with E-state index in [0.717, 1.165) is 6.08 Å². The third kappa shape index (κ3) is 3.86. The zero-order chi connectivity index (χ0) is 16.1. The Morgan fingerprint density at radius 3 is 2.64 bits per heavy atom. The molecule has 0 bridgehead atoms. The maximum absolute atomic E-state index is 11.9. The summed E-state index contributed by atoms with van der Waals surface area (Å²) in [5, 5.41) is 8.10. The lowest BCUT2D eigenvalue weighted by Gasteiger charge is -2.04. The highest BCUT2D eigenvalue weighted by Gasteiger charge is 2.08. The summed E-state index contributed by atoms with van der Waals surface area (Å²) in [6, 6.07) is 7.86. The molecule has 2 rings (SSSR count). The van der Waals surface area contributed by atoms with Gasteiger partial charge in [0.05, 0.1) is 12.2 Å². The second kappa shape index (κ2) is 6.77. The maximum Gasteiger partial charge on any atom is 0.273 e. The molecule has 2 amide bonds. The summed E-state index contributed by atoms with van der Waals surface area (Å²) in [5.74, 6) is -0.708. The van der Waals surface area contributed by atoms with Crippen LogP contribution in [0, 0.1) is 0 Å². The summed E-state index contributed by atoms with van der Waals surface area (Å²) in [6.07, 6.45) is 1.06. The summed E-state index contributed by atoms with van der Waals surface area (Å²) < 4.78 is 1.26. The molecule has 0 aliphatic rings. The molecule has 0 unspecified atom stereocenters. The minimum absolute atomic E-state index is 0.220. The average Bonchev–Trinajstić information content (AvgIpc) is 2.86. The molecule has 3 N–H and O–H groups in total. The van der Waals surface area contributed by atoms with Gasteiger partial charge in [-0.2, -0.15) is 0 Å². The summed E-state index contributed by atoms with van der Waals surface area (Å²) >= 11 is 5.79. The smallest absolute Gasteiger partial charge is 0.273 e. The fourth-order valence-electron chi connectivity index (χ4n) is 1.68. The van der Waals surface area contributed by atoms with Crippen LogP contribution in [0.5, 0.6) is 0 Å². The third-order valence-corrected chi connectivity index (χ3v) is 2.94. The van der Waals surface area contributed by atoms with Crippen molar-refractivity contribution in [2.24, 2.45) is 0 Å². The molecule has 0 fully saturated rings. The first-order valence-electron chi connectivity index (χ1n) is 6.27. The Labute approximate surface area is 130 Å². The van der Waals surface area contributed by atoms with E-state index in [4.69, 9.17) is 11.6 Å². The Hall–Kier alpha value is -2.80. The van der Waals surface area contributed by atoms with Gasteiger partial charge < -0.3 is 10.6 Å². The number of nitrogens with zero attached hydrogens (tertiary/aromatic N) is 1. The van der Waals surface area contributed by atoms with Crippen LogP contribution >= 0.6 is 11.6 Å². The topological polar surface area (TPSA) is 96.0 Å². The van der Waals surface area contributed by atoms with Crippen molar-refractivity contribution in [2.75, 3.05) is 11.9 Å². The number of hydrogen-bond acceptors (Lipinski definition) is 3. The number of rotatable bonds is 5. The molecule has 0 saturated carbocycles. The number of carbonyl (C=O) groups is 2. The summed E-state index contributed by atoms with van der Waals surface area (Å²) in [5.41, 5.74) is 0.239. The predicted octanol–water partition coefficient (Wildman–Crippen LogP) is 1.06. The molecule has 0 saturated heterocycles. The molecule has 1 aromatic carbocycles. The van der Waals surface area contributed by atoms with Crippen molar-refractivity contribution in [2.45, 2.75) is 0 Å². The SMILES string of the molecule is C=CC(=O)NCC(=O)Nc1cc(=O)n(-c2ccc(Cl)cc2)[nH]1. The molecule has 22 heavy (non-hydrogen) atoms.